The third-order valence-corrected chi connectivity index (χ3v) is 4.60. The summed E-state index contributed by atoms with van der Waals surface area (Å²) in [6.45, 7) is 7.79. The van der Waals surface area contributed by atoms with Crippen molar-refractivity contribution in [1.29, 1.82) is 0 Å². The first-order valence-electron chi connectivity index (χ1n) is 7.50. The maximum atomic E-state index is 12.5. The minimum atomic E-state index is -0.486. The van der Waals surface area contributed by atoms with Crippen LogP contribution in [0.5, 0.6) is 0 Å². The molecule has 22 heavy (non-hydrogen) atoms. The predicted octanol–water partition coefficient (Wildman–Crippen LogP) is 3.18. The van der Waals surface area contributed by atoms with Crippen molar-refractivity contribution in [1.82, 2.24) is 15.2 Å². The fraction of sp³-hybridized carbons (Fsp3) is 0.500. The summed E-state index contributed by atoms with van der Waals surface area (Å²) >= 11 is 1.64. The largest absolute Gasteiger partial charge is 0.444 e. The molecule has 1 aliphatic heterocycles. The van der Waals surface area contributed by atoms with E-state index in [1.807, 2.05) is 39.0 Å². The molecule has 5 nitrogen and oxygen atoms in total. The molecule has 0 radical (unpaired) electrons. The van der Waals surface area contributed by atoms with E-state index >= 15 is 0 Å². The van der Waals surface area contributed by atoms with E-state index < -0.39 is 5.60 Å². The monoisotopic (exact) mass is 319 g/mol. The Bertz CT molecular complexity index is 644. The number of carbonyl (C=O) groups excluding carboxylic acids is 1. The Labute approximate surface area is 134 Å². The van der Waals surface area contributed by atoms with E-state index in [1.54, 1.807) is 16.2 Å². The molecule has 118 valence electrons. The summed E-state index contributed by atoms with van der Waals surface area (Å²) in [7, 11) is 0. The molecule has 0 saturated carbocycles. The Morgan fingerprint density at radius 3 is 2.91 bits per heavy atom. The average Bonchev–Trinajstić information content (AvgIpc) is 2.89. The van der Waals surface area contributed by atoms with Gasteiger partial charge in [0.15, 0.2) is 0 Å². The average molecular weight is 319 g/mol. The van der Waals surface area contributed by atoms with Gasteiger partial charge in [0, 0.05) is 19.6 Å². The number of fused-ring (bicyclic) bond motifs is 1. The third-order valence-electron chi connectivity index (χ3n) is 3.47. The summed E-state index contributed by atoms with van der Waals surface area (Å²) in [4.78, 5) is 19.0. The number of nitrogens with one attached hydrogen (secondary N) is 1. The van der Waals surface area contributed by atoms with Crippen molar-refractivity contribution in [2.45, 2.75) is 32.4 Å². The van der Waals surface area contributed by atoms with E-state index in [-0.39, 0.29) is 12.1 Å². The quantitative estimate of drug-likeness (QED) is 0.877. The minimum absolute atomic E-state index is 0.0685. The normalized spacial score (nSPS) is 19.4. The van der Waals surface area contributed by atoms with Crippen LogP contribution in [0.15, 0.2) is 24.3 Å². The van der Waals surface area contributed by atoms with Gasteiger partial charge in [0.25, 0.3) is 0 Å². The number of nitrogens with zero attached hydrogens (tertiary/aromatic N) is 2. The van der Waals surface area contributed by atoms with E-state index in [0.29, 0.717) is 13.1 Å². The fourth-order valence-electron chi connectivity index (χ4n) is 2.50. The lowest BCUT2D eigenvalue weighted by Crippen LogP contribution is -2.50. The predicted molar refractivity (Wildman–Crippen MR) is 88.2 cm³/mol. The number of piperazine rings is 1. The van der Waals surface area contributed by atoms with Gasteiger partial charge < -0.3 is 10.1 Å². The topological polar surface area (TPSA) is 54.5 Å². The first-order chi connectivity index (χ1) is 10.4. The van der Waals surface area contributed by atoms with Gasteiger partial charge in [0.05, 0.1) is 16.3 Å². The van der Waals surface area contributed by atoms with Crippen LogP contribution in [-0.4, -0.2) is 41.2 Å². The summed E-state index contributed by atoms with van der Waals surface area (Å²) in [5, 5.41) is 4.30. The fourth-order valence-corrected chi connectivity index (χ4v) is 3.58. The van der Waals surface area contributed by atoms with E-state index in [0.717, 1.165) is 21.8 Å². The molecule has 0 bridgehead atoms. The van der Waals surface area contributed by atoms with Gasteiger partial charge in [-0.2, -0.15) is 0 Å². The summed E-state index contributed by atoms with van der Waals surface area (Å²) < 4.78 is 6.68. The molecular formula is C16H21N3O2S. The van der Waals surface area contributed by atoms with Crippen molar-refractivity contribution in [2.24, 2.45) is 0 Å². The number of benzene rings is 1. The van der Waals surface area contributed by atoms with Gasteiger partial charge in [-0.3, -0.25) is 4.90 Å². The van der Waals surface area contributed by atoms with Gasteiger partial charge in [-0.15, -0.1) is 11.3 Å². The van der Waals surface area contributed by atoms with Crippen LogP contribution >= 0.6 is 11.3 Å². The first-order valence-corrected chi connectivity index (χ1v) is 8.31. The number of ether oxygens (including phenoxy) is 1. The number of rotatable bonds is 1. The molecule has 3 rings (SSSR count). The lowest BCUT2D eigenvalue weighted by molar-refractivity contribution is 0.0118. The van der Waals surface area contributed by atoms with E-state index in [1.165, 1.54) is 0 Å². The van der Waals surface area contributed by atoms with E-state index in [2.05, 4.69) is 11.4 Å². The van der Waals surface area contributed by atoms with Crippen LogP contribution in [-0.2, 0) is 4.74 Å². The lowest BCUT2D eigenvalue weighted by Gasteiger charge is -2.36. The van der Waals surface area contributed by atoms with Crippen LogP contribution in [0.25, 0.3) is 10.2 Å². The molecule has 1 atom stereocenters. The minimum Gasteiger partial charge on any atom is -0.444 e. The molecule has 1 aromatic carbocycles. The van der Waals surface area contributed by atoms with Crippen molar-refractivity contribution >= 4 is 27.6 Å². The van der Waals surface area contributed by atoms with Crippen molar-refractivity contribution in [3.05, 3.63) is 29.3 Å². The van der Waals surface area contributed by atoms with Gasteiger partial charge >= 0.3 is 6.09 Å². The second kappa shape index (κ2) is 5.85. The number of hydrogen-bond donors (Lipinski definition) is 1. The molecule has 6 heteroatoms. The molecule has 1 amide bonds. The van der Waals surface area contributed by atoms with Crippen molar-refractivity contribution in [3.63, 3.8) is 0 Å². The SMILES string of the molecule is CC(C)(C)OC(=O)N1CCNCC1c1nc2ccccc2s1. The molecule has 2 aromatic rings. The standard InChI is InChI=1S/C16H21N3O2S/c1-16(2,3)21-15(20)19-9-8-17-10-12(19)14-18-11-6-4-5-7-13(11)22-14/h4-7,12,17H,8-10H2,1-3H3. The highest BCUT2D eigenvalue weighted by Crippen LogP contribution is 2.31. The molecule has 1 aromatic heterocycles. The van der Waals surface area contributed by atoms with Gasteiger partial charge in [-0.1, -0.05) is 12.1 Å². The third kappa shape index (κ3) is 3.23. The Kier molecular flexibility index (Phi) is 4.06. The maximum Gasteiger partial charge on any atom is 0.410 e. The van der Waals surface area contributed by atoms with Crippen LogP contribution in [0.1, 0.15) is 31.8 Å². The van der Waals surface area contributed by atoms with Crippen LogP contribution in [0.2, 0.25) is 0 Å². The van der Waals surface area contributed by atoms with Gasteiger partial charge in [0.2, 0.25) is 0 Å². The van der Waals surface area contributed by atoms with Crippen LogP contribution in [0, 0.1) is 0 Å². The smallest absolute Gasteiger partial charge is 0.410 e. The summed E-state index contributed by atoms with van der Waals surface area (Å²) in [5.74, 6) is 0. The van der Waals surface area contributed by atoms with Gasteiger partial charge in [0.1, 0.15) is 10.6 Å². The highest BCUT2D eigenvalue weighted by Gasteiger charge is 2.33. The van der Waals surface area contributed by atoms with Gasteiger partial charge in [-0.25, -0.2) is 9.78 Å². The number of hydrogen-bond acceptors (Lipinski definition) is 5. The van der Waals surface area contributed by atoms with E-state index in [9.17, 15) is 4.79 Å². The zero-order chi connectivity index (χ0) is 15.7. The number of para-hydroxylation sites is 1. The number of carbonyl (C=O) groups is 1. The zero-order valence-corrected chi connectivity index (χ0v) is 13.9. The summed E-state index contributed by atoms with van der Waals surface area (Å²) in [6, 6.07) is 7.99. The van der Waals surface area contributed by atoms with Crippen LogP contribution in [0.3, 0.4) is 0 Å². The molecule has 1 N–H and O–H groups in total. The zero-order valence-electron chi connectivity index (χ0n) is 13.1. The van der Waals surface area contributed by atoms with Crippen LogP contribution < -0.4 is 5.32 Å². The number of amides is 1. The molecule has 1 fully saturated rings. The number of aromatic nitrogens is 1. The van der Waals surface area contributed by atoms with Crippen molar-refractivity contribution in [3.8, 4) is 0 Å². The maximum absolute atomic E-state index is 12.5. The first kappa shape index (κ1) is 15.2. The molecular weight excluding hydrogens is 298 g/mol. The van der Waals surface area contributed by atoms with E-state index in [4.69, 9.17) is 9.72 Å². The van der Waals surface area contributed by atoms with Gasteiger partial charge in [-0.05, 0) is 32.9 Å². The highest BCUT2D eigenvalue weighted by atomic mass is 32.1. The second-order valence-corrected chi connectivity index (χ2v) is 7.48. The Hall–Kier alpha value is -1.66. The van der Waals surface area contributed by atoms with Crippen LogP contribution in [0.4, 0.5) is 4.79 Å². The molecule has 1 unspecified atom stereocenters. The Balaban J connectivity index is 1.87. The summed E-state index contributed by atoms with van der Waals surface area (Å²) in [6.07, 6.45) is -0.266. The lowest BCUT2D eigenvalue weighted by atomic mass is 10.2. The second-order valence-electron chi connectivity index (χ2n) is 6.41. The van der Waals surface area contributed by atoms with Crippen molar-refractivity contribution in [2.75, 3.05) is 19.6 Å². The molecule has 0 spiro atoms. The molecule has 0 aliphatic carbocycles. The highest BCUT2D eigenvalue weighted by molar-refractivity contribution is 7.18. The molecule has 1 aliphatic rings. The molecule has 1 saturated heterocycles. The van der Waals surface area contributed by atoms with Crippen molar-refractivity contribution < 1.29 is 9.53 Å². The Morgan fingerprint density at radius 2 is 2.18 bits per heavy atom. The Morgan fingerprint density at radius 1 is 1.41 bits per heavy atom. The summed E-state index contributed by atoms with van der Waals surface area (Å²) in [5.41, 5.74) is 0.498. The number of thiazole rings is 1. The molecule has 2 heterocycles.